The zero-order chi connectivity index (χ0) is 27.8. The number of hydrogen-bond acceptors (Lipinski definition) is 0. The van der Waals surface area contributed by atoms with Gasteiger partial charge in [-0.1, -0.05) is 105 Å². The van der Waals surface area contributed by atoms with Gasteiger partial charge in [0, 0.05) is 5.54 Å². The van der Waals surface area contributed by atoms with Crippen LogP contribution < -0.4 is 15.6 Å². The summed E-state index contributed by atoms with van der Waals surface area (Å²) in [6.45, 7) is 23.4. The third-order valence-electron chi connectivity index (χ3n) is 9.37. The van der Waals surface area contributed by atoms with E-state index in [0.29, 0.717) is 5.54 Å². The fourth-order valence-corrected chi connectivity index (χ4v) is 13.3. The van der Waals surface area contributed by atoms with Gasteiger partial charge in [0.1, 0.15) is 0 Å². The first-order chi connectivity index (χ1) is 18.1. The van der Waals surface area contributed by atoms with Crippen LogP contribution in [0.25, 0.3) is 0 Å². The monoisotopic (exact) mass is 520 g/mol. The largest absolute Gasteiger partial charge is 0.159 e. The second kappa shape index (κ2) is 11.2. The minimum Gasteiger partial charge on any atom is -0.0647 e. The molecule has 0 fully saturated rings. The van der Waals surface area contributed by atoms with E-state index in [1.54, 1.807) is 26.7 Å². The molecular weight excluding hydrogens is 472 g/mol. The van der Waals surface area contributed by atoms with Gasteiger partial charge < -0.3 is 0 Å². The number of rotatable bonds is 8. The van der Waals surface area contributed by atoms with Crippen molar-refractivity contribution in [1.29, 1.82) is 0 Å². The molecule has 0 aliphatic heterocycles. The van der Waals surface area contributed by atoms with E-state index in [4.69, 9.17) is 0 Å². The Labute approximate surface area is 233 Å². The molecule has 0 nitrogen and oxygen atoms in total. The van der Waals surface area contributed by atoms with Crippen molar-refractivity contribution in [2.45, 2.75) is 100 Å². The third kappa shape index (κ3) is 4.79. The van der Waals surface area contributed by atoms with Crippen LogP contribution in [0.15, 0.2) is 76.9 Å². The van der Waals surface area contributed by atoms with Crippen LogP contribution in [0.5, 0.6) is 0 Å². The van der Waals surface area contributed by atoms with Crippen molar-refractivity contribution in [3.63, 3.8) is 0 Å². The second-order valence-electron chi connectivity index (χ2n) is 11.7. The Morgan fingerprint density at radius 2 is 0.763 bits per heavy atom. The summed E-state index contributed by atoms with van der Waals surface area (Å²) in [4.78, 5) is 0. The molecule has 0 aromatic heterocycles. The maximum atomic E-state index is 2.59. The molecule has 0 unspecified atom stereocenters. The lowest BCUT2D eigenvalue weighted by molar-refractivity contribution is 1.07. The van der Waals surface area contributed by atoms with Gasteiger partial charge >= 0.3 is 0 Å². The molecule has 4 rings (SSSR count). The van der Waals surface area contributed by atoms with Gasteiger partial charge in [-0.25, -0.2) is 0 Å². The Balaban J connectivity index is 2.29. The van der Waals surface area contributed by atoms with Crippen LogP contribution in [0.1, 0.15) is 88.8 Å². The Morgan fingerprint density at radius 1 is 0.447 bits per heavy atom. The molecule has 0 spiro atoms. The lowest BCUT2D eigenvalue weighted by Crippen LogP contribution is -2.70. The molecule has 1 heteroatoms. The van der Waals surface area contributed by atoms with Crippen LogP contribution >= 0.6 is 0 Å². The van der Waals surface area contributed by atoms with Gasteiger partial charge in [-0.05, 0) is 116 Å². The molecule has 38 heavy (non-hydrogen) atoms. The van der Waals surface area contributed by atoms with E-state index in [2.05, 4.69) is 124 Å². The smallest absolute Gasteiger partial charge is 0.0647 e. The Bertz CT molecular complexity index is 1270. The minimum absolute atomic E-state index is 0.414. The molecule has 0 saturated heterocycles. The molecule has 0 N–H and O–H groups in total. The van der Waals surface area contributed by atoms with Gasteiger partial charge in [-0.3, -0.25) is 0 Å². The number of benzene rings is 3. The quantitative estimate of drug-likeness (QED) is 0.208. The molecular formula is C37H48Si. The molecule has 3 aromatic carbocycles. The van der Waals surface area contributed by atoms with Gasteiger partial charge in [0.05, 0.1) is 0 Å². The van der Waals surface area contributed by atoms with Gasteiger partial charge in [-0.15, -0.1) is 0 Å². The lowest BCUT2D eigenvalue weighted by atomic mass is 10.1. The van der Waals surface area contributed by atoms with E-state index in [-0.39, 0.29) is 0 Å². The summed E-state index contributed by atoms with van der Waals surface area (Å²) >= 11 is 0. The Morgan fingerprint density at radius 3 is 1.08 bits per heavy atom. The molecule has 0 bridgehead atoms. The molecule has 3 aromatic rings. The first-order valence-corrected chi connectivity index (χ1v) is 16.9. The lowest BCUT2D eigenvalue weighted by Gasteiger charge is -2.42. The predicted molar refractivity (Wildman–Crippen MR) is 171 cm³/mol. The summed E-state index contributed by atoms with van der Waals surface area (Å²) in [5.74, 6) is 0. The molecule has 200 valence electrons. The van der Waals surface area contributed by atoms with E-state index in [1.165, 1.54) is 44.5 Å². The fraction of sp³-hybridized carbons (Fsp3) is 0.405. The van der Waals surface area contributed by atoms with Crippen molar-refractivity contribution in [3.8, 4) is 0 Å². The molecule has 0 radical (unpaired) electrons. The topological polar surface area (TPSA) is 0 Å². The first kappa shape index (κ1) is 28.4. The van der Waals surface area contributed by atoms with Crippen molar-refractivity contribution >= 4 is 23.6 Å². The van der Waals surface area contributed by atoms with Crippen molar-refractivity contribution in [3.05, 3.63) is 110 Å². The summed E-state index contributed by atoms with van der Waals surface area (Å²) in [6, 6.07) is 22.7. The van der Waals surface area contributed by atoms with Crippen LogP contribution in [-0.2, 0) is 25.7 Å². The maximum Gasteiger partial charge on any atom is 0.159 e. The van der Waals surface area contributed by atoms with Gasteiger partial charge in [-0.2, -0.15) is 0 Å². The van der Waals surface area contributed by atoms with Crippen molar-refractivity contribution in [2.75, 3.05) is 0 Å². The Hall–Kier alpha value is -2.64. The zero-order valence-electron chi connectivity index (χ0n) is 25.6. The SMILES string of the molecule is CCc1cc(CC)cc([Si](c2cc(C)cc(C)c2)(c2cc(CC)cc(CC)c2)C2C(C)=C(C)C(C)=C2C)c1. The van der Waals surface area contributed by atoms with Gasteiger partial charge in [0.15, 0.2) is 8.07 Å². The van der Waals surface area contributed by atoms with Gasteiger partial charge in [0.25, 0.3) is 0 Å². The summed E-state index contributed by atoms with van der Waals surface area (Å²) in [6.07, 6.45) is 4.28. The van der Waals surface area contributed by atoms with Crippen LogP contribution in [-0.4, -0.2) is 8.07 Å². The average molecular weight is 521 g/mol. The summed E-state index contributed by atoms with van der Waals surface area (Å²) < 4.78 is 0. The molecule has 0 amide bonds. The first-order valence-electron chi connectivity index (χ1n) is 14.8. The van der Waals surface area contributed by atoms with E-state index in [0.717, 1.165) is 25.7 Å². The van der Waals surface area contributed by atoms with Crippen LogP contribution in [0, 0.1) is 13.8 Å². The number of hydrogen-bond donors (Lipinski definition) is 0. The van der Waals surface area contributed by atoms with Gasteiger partial charge in [0.2, 0.25) is 0 Å². The highest BCUT2D eigenvalue weighted by Gasteiger charge is 2.50. The summed E-state index contributed by atoms with van der Waals surface area (Å²) in [5.41, 5.74) is 15.2. The summed E-state index contributed by atoms with van der Waals surface area (Å²) in [7, 11) is -2.57. The number of aryl methyl sites for hydroxylation is 6. The van der Waals surface area contributed by atoms with Crippen molar-refractivity contribution in [2.24, 2.45) is 0 Å². The van der Waals surface area contributed by atoms with Crippen LogP contribution in [0.4, 0.5) is 0 Å². The highest BCUT2D eigenvalue weighted by Crippen LogP contribution is 2.46. The molecule has 1 aliphatic carbocycles. The average Bonchev–Trinajstić information content (AvgIpc) is 3.11. The highest BCUT2D eigenvalue weighted by molar-refractivity contribution is 7.13. The minimum atomic E-state index is -2.57. The predicted octanol–water partition coefficient (Wildman–Crippen LogP) is 8.08. The fourth-order valence-electron chi connectivity index (χ4n) is 7.00. The zero-order valence-corrected chi connectivity index (χ0v) is 26.6. The Kier molecular flexibility index (Phi) is 8.38. The van der Waals surface area contributed by atoms with E-state index in [1.807, 2.05) is 0 Å². The standard InChI is InChI=1S/C37H48Si/c1-11-30-18-31(12-2)21-35(20-30)38(34-16-24(5)15-25(6)17-34,37-28(9)26(7)27(8)29(37)10)36-22-32(13-3)19-33(14-4)23-36/h15-23,37H,11-14H2,1-10H3. The van der Waals surface area contributed by atoms with Crippen molar-refractivity contribution in [1.82, 2.24) is 0 Å². The molecule has 0 heterocycles. The van der Waals surface area contributed by atoms with E-state index < -0.39 is 8.07 Å². The normalized spacial score (nSPS) is 14.7. The molecule has 0 saturated carbocycles. The second-order valence-corrected chi connectivity index (χ2v) is 15.6. The highest BCUT2D eigenvalue weighted by atomic mass is 28.3. The van der Waals surface area contributed by atoms with E-state index >= 15 is 0 Å². The van der Waals surface area contributed by atoms with E-state index in [9.17, 15) is 0 Å². The van der Waals surface area contributed by atoms with Crippen LogP contribution in [0.3, 0.4) is 0 Å². The van der Waals surface area contributed by atoms with Crippen molar-refractivity contribution < 1.29 is 0 Å². The van der Waals surface area contributed by atoms with Crippen LogP contribution in [0.2, 0.25) is 5.54 Å². The third-order valence-corrected chi connectivity index (χ3v) is 14.7. The molecule has 1 aliphatic rings. The maximum absolute atomic E-state index is 2.59. The summed E-state index contributed by atoms with van der Waals surface area (Å²) in [5, 5.41) is 4.73. The number of allylic oxidation sites excluding steroid dienone is 4. The molecule has 0 atom stereocenters.